The highest BCUT2D eigenvalue weighted by atomic mass is 32.2. The minimum Gasteiger partial charge on any atom is -0.389 e. The van der Waals surface area contributed by atoms with E-state index in [9.17, 15) is 13.5 Å². The molecule has 0 unspecified atom stereocenters. The molecule has 0 aliphatic heterocycles. The largest absolute Gasteiger partial charge is 0.389 e. The Hall–Kier alpha value is -0.920. The Bertz CT molecular complexity index is 545. The van der Waals surface area contributed by atoms with Gasteiger partial charge in [0.05, 0.1) is 11.9 Å². The van der Waals surface area contributed by atoms with Crippen molar-refractivity contribution in [3.8, 4) is 0 Å². The smallest absolute Gasteiger partial charge is 0.259 e. The van der Waals surface area contributed by atoms with Crippen LogP contribution in [0, 0.1) is 5.92 Å². The van der Waals surface area contributed by atoms with E-state index in [1.165, 1.54) is 12.5 Å². The molecule has 0 spiro atoms. The Morgan fingerprint density at radius 1 is 1.50 bits per heavy atom. The van der Waals surface area contributed by atoms with Crippen molar-refractivity contribution in [2.24, 2.45) is 5.92 Å². The van der Waals surface area contributed by atoms with E-state index in [1.54, 1.807) is 4.57 Å². The first-order valence-electron chi connectivity index (χ1n) is 7.08. The third-order valence-electron chi connectivity index (χ3n) is 4.05. The molecular formula is C13H23N3O3S. The highest BCUT2D eigenvalue weighted by Gasteiger charge is 2.33. The summed E-state index contributed by atoms with van der Waals surface area (Å²) in [4.78, 5) is 3.89. The van der Waals surface area contributed by atoms with Crippen molar-refractivity contribution in [1.82, 2.24) is 14.3 Å². The monoisotopic (exact) mass is 301 g/mol. The minimum atomic E-state index is -3.64. The maximum absolute atomic E-state index is 12.1. The second-order valence-electron chi connectivity index (χ2n) is 5.77. The van der Waals surface area contributed by atoms with Gasteiger partial charge in [-0.25, -0.2) is 18.1 Å². The second kappa shape index (κ2) is 5.83. The summed E-state index contributed by atoms with van der Waals surface area (Å²) in [6.07, 6.45) is 6.13. The quantitative estimate of drug-likeness (QED) is 0.853. The third-order valence-corrected chi connectivity index (χ3v) is 5.33. The van der Waals surface area contributed by atoms with Gasteiger partial charge < -0.3 is 9.67 Å². The predicted octanol–water partition coefficient (Wildman–Crippen LogP) is 1.12. The van der Waals surface area contributed by atoms with Crippen LogP contribution in [0.25, 0.3) is 0 Å². The molecule has 0 atom stereocenters. The van der Waals surface area contributed by atoms with E-state index in [-0.39, 0.29) is 11.6 Å². The number of imidazole rings is 1. The first kappa shape index (κ1) is 15.5. The Morgan fingerprint density at radius 3 is 2.70 bits per heavy atom. The number of aliphatic hydroxyl groups is 1. The Morgan fingerprint density at radius 2 is 2.15 bits per heavy atom. The predicted molar refractivity (Wildman–Crippen MR) is 75.7 cm³/mol. The number of aryl methyl sites for hydroxylation is 1. The van der Waals surface area contributed by atoms with E-state index >= 15 is 0 Å². The van der Waals surface area contributed by atoms with Gasteiger partial charge >= 0.3 is 0 Å². The molecule has 20 heavy (non-hydrogen) atoms. The van der Waals surface area contributed by atoms with E-state index in [1.807, 2.05) is 6.92 Å². The van der Waals surface area contributed by atoms with Crippen LogP contribution in [-0.2, 0) is 16.6 Å². The van der Waals surface area contributed by atoms with Gasteiger partial charge in [0.15, 0.2) is 5.03 Å². The third kappa shape index (κ3) is 3.59. The lowest BCUT2D eigenvalue weighted by Crippen LogP contribution is -2.45. The zero-order valence-corrected chi connectivity index (χ0v) is 12.9. The molecule has 114 valence electrons. The Kier molecular flexibility index (Phi) is 4.51. The fourth-order valence-corrected chi connectivity index (χ4v) is 3.50. The van der Waals surface area contributed by atoms with Gasteiger partial charge in [-0.15, -0.1) is 0 Å². The lowest BCUT2D eigenvalue weighted by atomic mass is 9.80. The number of aromatic nitrogens is 2. The number of rotatable bonds is 5. The molecule has 1 aromatic heterocycles. The average Bonchev–Trinajstić information content (AvgIpc) is 2.90. The Balaban J connectivity index is 1.98. The molecule has 0 saturated heterocycles. The number of hydrogen-bond donors (Lipinski definition) is 2. The summed E-state index contributed by atoms with van der Waals surface area (Å²) in [7, 11) is -3.64. The van der Waals surface area contributed by atoms with E-state index in [2.05, 4.69) is 16.6 Å². The molecule has 1 fully saturated rings. The average molecular weight is 301 g/mol. The van der Waals surface area contributed by atoms with Crippen molar-refractivity contribution < 1.29 is 13.5 Å². The Labute approximate surface area is 120 Å². The van der Waals surface area contributed by atoms with Gasteiger partial charge in [0.2, 0.25) is 0 Å². The van der Waals surface area contributed by atoms with Gasteiger partial charge in [0, 0.05) is 19.3 Å². The van der Waals surface area contributed by atoms with Crippen LogP contribution in [-0.4, -0.2) is 35.2 Å². The molecule has 1 aliphatic carbocycles. The van der Waals surface area contributed by atoms with Crippen LogP contribution < -0.4 is 4.72 Å². The van der Waals surface area contributed by atoms with Crippen molar-refractivity contribution in [2.75, 3.05) is 6.54 Å². The molecule has 0 radical (unpaired) electrons. The van der Waals surface area contributed by atoms with E-state index in [4.69, 9.17) is 0 Å². The number of nitrogens with zero attached hydrogens (tertiary/aromatic N) is 2. The van der Waals surface area contributed by atoms with Crippen molar-refractivity contribution in [2.45, 2.75) is 56.7 Å². The van der Waals surface area contributed by atoms with E-state index in [0.717, 1.165) is 12.8 Å². The van der Waals surface area contributed by atoms with Crippen molar-refractivity contribution in [3.63, 3.8) is 0 Å². The number of sulfonamides is 1. The van der Waals surface area contributed by atoms with Crippen LogP contribution in [0.5, 0.6) is 0 Å². The van der Waals surface area contributed by atoms with Crippen LogP contribution >= 0.6 is 0 Å². The zero-order valence-electron chi connectivity index (χ0n) is 12.0. The van der Waals surface area contributed by atoms with Crippen LogP contribution in [0.3, 0.4) is 0 Å². The second-order valence-corrected chi connectivity index (χ2v) is 7.49. The number of hydrogen-bond acceptors (Lipinski definition) is 4. The summed E-state index contributed by atoms with van der Waals surface area (Å²) in [5.41, 5.74) is -0.924. The standard InChI is InChI=1S/C13H23N3O3S/c1-3-16-8-12(14-10-16)20(18,19)15-9-13(17)6-4-11(2)5-7-13/h8,10-11,15,17H,3-7,9H2,1-2H3. The molecule has 7 heteroatoms. The van der Waals surface area contributed by atoms with Gasteiger partial charge in [0.25, 0.3) is 10.0 Å². The molecule has 6 nitrogen and oxygen atoms in total. The summed E-state index contributed by atoms with van der Waals surface area (Å²) in [5, 5.41) is 10.4. The lowest BCUT2D eigenvalue weighted by Gasteiger charge is -2.34. The molecule has 2 N–H and O–H groups in total. The molecule has 0 bridgehead atoms. The van der Waals surface area contributed by atoms with Crippen LogP contribution in [0.1, 0.15) is 39.5 Å². The molecular weight excluding hydrogens is 278 g/mol. The van der Waals surface area contributed by atoms with Crippen LogP contribution in [0.2, 0.25) is 0 Å². The normalized spacial score (nSPS) is 27.6. The molecule has 0 amide bonds. The summed E-state index contributed by atoms with van der Waals surface area (Å²) < 4.78 is 28.4. The number of nitrogens with one attached hydrogen (secondary N) is 1. The first-order chi connectivity index (χ1) is 9.35. The van der Waals surface area contributed by atoms with Gasteiger partial charge in [0.1, 0.15) is 0 Å². The van der Waals surface area contributed by atoms with Crippen molar-refractivity contribution >= 4 is 10.0 Å². The molecule has 2 rings (SSSR count). The molecule has 1 heterocycles. The van der Waals surface area contributed by atoms with E-state index < -0.39 is 15.6 Å². The summed E-state index contributed by atoms with van der Waals surface area (Å²) in [6.45, 7) is 4.80. The topological polar surface area (TPSA) is 84.2 Å². The van der Waals surface area contributed by atoms with Crippen molar-refractivity contribution in [1.29, 1.82) is 0 Å². The first-order valence-corrected chi connectivity index (χ1v) is 8.57. The fourth-order valence-electron chi connectivity index (χ4n) is 2.43. The maximum Gasteiger partial charge on any atom is 0.259 e. The highest BCUT2D eigenvalue weighted by Crippen LogP contribution is 2.31. The summed E-state index contributed by atoms with van der Waals surface area (Å²) in [5.74, 6) is 0.604. The highest BCUT2D eigenvalue weighted by molar-refractivity contribution is 7.89. The van der Waals surface area contributed by atoms with Crippen LogP contribution in [0.4, 0.5) is 0 Å². The van der Waals surface area contributed by atoms with Gasteiger partial charge in [-0.2, -0.15) is 0 Å². The van der Waals surface area contributed by atoms with Gasteiger partial charge in [-0.3, -0.25) is 0 Å². The van der Waals surface area contributed by atoms with Crippen LogP contribution in [0.15, 0.2) is 17.6 Å². The van der Waals surface area contributed by atoms with E-state index in [0.29, 0.717) is 25.3 Å². The zero-order chi connectivity index (χ0) is 14.8. The molecule has 0 aromatic carbocycles. The van der Waals surface area contributed by atoms with Gasteiger partial charge in [-0.05, 0) is 38.5 Å². The molecule has 1 aliphatic rings. The molecule has 1 aromatic rings. The molecule has 1 saturated carbocycles. The van der Waals surface area contributed by atoms with Crippen molar-refractivity contribution in [3.05, 3.63) is 12.5 Å². The minimum absolute atomic E-state index is 0.00660. The summed E-state index contributed by atoms with van der Waals surface area (Å²) >= 11 is 0. The van der Waals surface area contributed by atoms with Gasteiger partial charge in [-0.1, -0.05) is 6.92 Å². The SMILES string of the molecule is CCn1cnc(S(=O)(=O)NCC2(O)CCC(C)CC2)c1. The lowest BCUT2D eigenvalue weighted by molar-refractivity contribution is -0.00183. The summed E-state index contributed by atoms with van der Waals surface area (Å²) in [6, 6.07) is 0. The maximum atomic E-state index is 12.1. The fraction of sp³-hybridized carbons (Fsp3) is 0.769.